The van der Waals surface area contributed by atoms with Crippen molar-refractivity contribution in [1.82, 2.24) is 19.8 Å². The van der Waals surface area contributed by atoms with E-state index in [1.165, 1.54) is 22.7 Å². The minimum atomic E-state index is 0.0382. The van der Waals surface area contributed by atoms with Crippen LogP contribution in [-0.4, -0.2) is 71.0 Å². The molecule has 0 bridgehead atoms. The third kappa shape index (κ3) is 3.40. The first-order valence-corrected chi connectivity index (χ1v) is 11.8. The quantitative estimate of drug-likeness (QED) is 0.623. The summed E-state index contributed by atoms with van der Waals surface area (Å²) in [5.41, 5.74) is 3.55. The number of thiazole rings is 1. The zero-order chi connectivity index (χ0) is 20.7. The Morgan fingerprint density at radius 2 is 1.90 bits per heavy atom. The highest BCUT2D eigenvalue weighted by atomic mass is 32.1. The smallest absolute Gasteiger partial charge is 0.265 e. The van der Waals surface area contributed by atoms with Gasteiger partial charge in [-0.2, -0.15) is 0 Å². The number of hydrogen-bond acceptors (Lipinski definition) is 7. The van der Waals surface area contributed by atoms with Crippen molar-refractivity contribution in [1.29, 1.82) is 0 Å². The Morgan fingerprint density at radius 1 is 1.10 bits per heavy atom. The molecule has 0 spiro atoms. The molecule has 5 rings (SSSR count). The molecule has 0 aliphatic carbocycles. The lowest BCUT2D eigenvalue weighted by Gasteiger charge is -2.27. The van der Waals surface area contributed by atoms with Gasteiger partial charge in [0.05, 0.1) is 29.3 Å². The molecule has 0 aromatic carbocycles. The SMILES string of the molecule is Cc1ncsc1C(=O)N1CC[C@H](c2c(C(=O)N3CCOCC3)sc3ncccc23)C1. The second-order valence-electron chi connectivity index (χ2n) is 7.61. The van der Waals surface area contributed by atoms with Gasteiger partial charge >= 0.3 is 0 Å². The Morgan fingerprint density at radius 3 is 2.67 bits per heavy atom. The fourth-order valence-corrected chi connectivity index (χ4v) is 6.22. The van der Waals surface area contributed by atoms with E-state index >= 15 is 0 Å². The number of rotatable bonds is 3. The van der Waals surface area contributed by atoms with Crippen molar-refractivity contribution in [2.24, 2.45) is 0 Å². The predicted octanol–water partition coefficient (Wildman–Crippen LogP) is 3.16. The largest absolute Gasteiger partial charge is 0.378 e. The van der Waals surface area contributed by atoms with Crippen LogP contribution in [0, 0.1) is 6.92 Å². The number of ether oxygens (including phenoxy) is 1. The van der Waals surface area contributed by atoms with E-state index in [9.17, 15) is 9.59 Å². The molecule has 3 aromatic heterocycles. The third-order valence-electron chi connectivity index (χ3n) is 5.82. The zero-order valence-electron chi connectivity index (χ0n) is 16.7. The fraction of sp³-hybridized carbons (Fsp3) is 0.429. The highest BCUT2D eigenvalue weighted by Gasteiger charge is 2.35. The van der Waals surface area contributed by atoms with E-state index < -0.39 is 0 Å². The fourth-order valence-electron chi connectivity index (χ4n) is 4.26. The first-order valence-electron chi connectivity index (χ1n) is 10.1. The normalized spacial score (nSPS) is 19.6. The van der Waals surface area contributed by atoms with Gasteiger partial charge in [0, 0.05) is 43.7 Å². The average Bonchev–Trinajstić information content (AvgIpc) is 3.51. The number of pyridine rings is 1. The summed E-state index contributed by atoms with van der Waals surface area (Å²) in [6.45, 7) is 5.53. The summed E-state index contributed by atoms with van der Waals surface area (Å²) >= 11 is 2.86. The number of carbonyl (C=O) groups is 2. The molecular weight excluding hydrogens is 420 g/mol. The molecule has 30 heavy (non-hydrogen) atoms. The number of carbonyl (C=O) groups excluding carboxylic acids is 2. The summed E-state index contributed by atoms with van der Waals surface area (Å²) < 4.78 is 5.41. The molecule has 2 aliphatic rings. The highest BCUT2D eigenvalue weighted by Crippen LogP contribution is 2.40. The molecule has 0 N–H and O–H groups in total. The second-order valence-corrected chi connectivity index (χ2v) is 9.46. The van der Waals surface area contributed by atoms with Gasteiger partial charge in [-0.25, -0.2) is 9.97 Å². The zero-order valence-corrected chi connectivity index (χ0v) is 18.3. The number of morpholine rings is 1. The van der Waals surface area contributed by atoms with Crippen LogP contribution in [0.4, 0.5) is 0 Å². The van der Waals surface area contributed by atoms with Gasteiger partial charge in [0.1, 0.15) is 9.71 Å². The molecule has 1 atom stereocenters. The van der Waals surface area contributed by atoms with Crippen LogP contribution >= 0.6 is 22.7 Å². The minimum Gasteiger partial charge on any atom is -0.378 e. The monoisotopic (exact) mass is 442 g/mol. The van der Waals surface area contributed by atoms with Crippen LogP contribution < -0.4 is 0 Å². The van der Waals surface area contributed by atoms with Crippen molar-refractivity contribution in [2.75, 3.05) is 39.4 Å². The van der Waals surface area contributed by atoms with Gasteiger partial charge in [0.15, 0.2) is 0 Å². The first kappa shape index (κ1) is 19.6. The predicted molar refractivity (Wildman–Crippen MR) is 116 cm³/mol. The van der Waals surface area contributed by atoms with Crippen LogP contribution in [0.25, 0.3) is 10.2 Å². The number of aromatic nitrogens is 2. The minimum absolute atomic E-state index is 0.0382. The maximum absolute atomic E-state index is 13.4. The lowest BCUT2D eigenvalue weighted by molar-refractivity contribution is 0.0305. The molecule has 2 fully saturated rings. The summed E-state index contributed by atoms with van der Waals surface area (Å²) in [5.74, 6) is 0.218. The van der Waals surface area contributed by atoms with Crippen molar-refractivity contribution in [2.45, 2.75) is 19.3 Å². The highest BCUT2D eigenvalue weighted by molar-refractivity contribution is 7.20. The number of nitrogens with zero attached hydrogens (tertiary/aromatic N) is 4. The Balaban J connectivity index is 1.47. The molecule has 156 valence electrons. The van der Waals surface area contributed by atoms with Gasteiger partial charge in [-0.3, -0.25) is 9.59 Å². The van der Waals surface area contributed by atoms with Gasteiger partial charge in [-0.15, -0.1) is 22.7 Å². The molecule has 2 amide bonds. The average molecular weight is 443 g/mol. The Bertz CT molecular complexity index is 1100. The van der Waals surface area contributed by atoms with Crippen LogP contribution in [-0.2, 0) is 4.74 Å². The van der Waals surface area contributed by atoms with Crippen molar-refractivity contribution in [3.05, 3.63) is 44.9 Å². The Kier molecular flexibility index (Phi) is 5.26. The first-order chi connectivity index (χ1) is 14.6. The number of likely N-dealkylation sites (tertiary alicyclic amines) is 1. The van der Waals surface area contributed by atoms with E-state index in [0.29, 0.717) is 44.3 Å². The van der Waals surface area contributed by atoms with Crippen molar-refractivity contribution < 1.29 is 14.3 Å². The molecule has 0 saturated carbocycles. The van der Waals surface area contributed by atoms with Crippen LogP contribution in [0.3, 0.4) is 0 Å². The van der Waals surface area contributed by atoms with Gasteiger partial charge in [-0.1, -0.05) is 6.07 Å². The standard InChI is InChI=1S/C21H22N4O3S2/c1-13-17(29-12-23-13)20(26)25-6-4-14(11-25)16-15-3-2-5-22-19(15)30-18(16)21(27)24-7-9-28-10-8-24/h2-3,5,12,14H,4,6-11H2,1H3/t14-/m0/s1. The van der Waals surface area contributed by atoms with Crippen LogP contribution in [0.1, 0.15) is 42.9 Å². The molecule has 0 unspecified atom stereocenters. The molecule has 2 aliphatic heterocycles. The number of thiophene rings is 1. The van der Waals surface area contributed by atoms with E-state index in [2.05, 4.69) is 9.97 Å². The summed E-state index contributed by atoms with van der Waals surface area (Å²) in [4.78, 5) is 41.2. The van der Waals surface area contributed by atoms with Crippen LogP contribution in [0.15, 0.2) is 23.8 Å². The van der Waals surface area contributed by atoms with Gasteiger partial charge in [0.2, 0.25) is 0 Å². The summed E-state index contributed by atoms with van der Waals surface area (Å²) in [6, 6.07) is 3.96. The summed E-state index contributed by atoms with van der Waals surface area (Å²) in [5, 5.41) is 1.03. The number of fused-ring (bicyclic) bond motifs is 1. The van der Waals surface area contributed by atoms with Gasteiger partial charge in [-0.05, 0) is 25.0 Å². The van der Waals surface area contributed by atoms with Crippen LogP contribution in [0.2, 0.25) is 0 Å². The number of hydrogen-bond donors (Lipinski definition) is 0. The van der Waals surface area contributed by atoms with Crippen molar-refractivity contribution >= 4 is 44.7 Å². The lowest BCUT2D eigenvalue weighted by atomic mass is 9.95. The van der Waals surface area contributed by atoms with E-state index in [1.807, 2.05) is 28.9 Å². The Labute approximate surface area is 182 Å². The Hall–Kier alpha value is -2.36. The molecule has 9 heteroatoms. The van der Waals surface area contributed by atoms with Crippen molar-refractivity contribution in [3.63, 3.8) is 0 Å². The van der Waals surface area contributed by atoms with E-state index in [1.54, 1.807) is 11.7 Å². The molecular formula is C21H22N4O3S2. The molecule has 5 heterocycles. The summed E-state index contributed by atoms with van der Waals surface area (Å²) in [6.07, 6.45) is 2.61. The van der Waals surface area contributed by atoms with Crippen LogP contribution in [0.5, 0.6) is 0 Å². The number of amides is 2. The molecule has 3 aromatic rings. The summed E-state index contributed by atoms with van der Waals surface area (Å²) in [7, 11) is 0. The van der Waals surface area contributed by atoms with E-state index in [4.69, 9.17) is 4.74 Å². The third-order valence-corrected chi connectivity index (χ3v) is 7.85. The van der Waals surface area contributed by atoms with Gasteiger partial charge < -0.3 is 14.5 Å². The maximum atomic E-state index is 13.4. The van der Waals surface area contributed by atoms with Gasteiger partial charge in [0.25, 0.3) is 11.8 Å². The second kappa shape index (κ2) is 8.05. The molecule has 0 radical (unpaired) electrons. The molecule has 2 saturated heterocycles. The lowest BCUT2D eigenvalue weighted by Crippen LogP contribution is -2.40. The maximum Gasteiger partial charge on any atom is 0.265 e. The molecule has 7 nitrogen and oxygen atoms in total. The number of aryl methyl sites for hydroxylation is 1. The van der Waals surface area contributed by atoms with Crippen molar-refractivity contribution in [3.8, 4) is 0 Å². The van der Waals surface area contributed by atoms with E-state index in [0.717, 1.165) is 32.8 Å². The topological polar surface area (TPSA) is 75.6 Å². The van der Waals surface area contributed by atoms with E-state index in [-0.39, 0.29) is 17.7 Å².